The molecule has 0 radical (unpaired) electrons. The first-order valence-electron chi connectivity index (χ1n) is 10.6. The van der Waals surface area contributed by atoms with Gasteiger partial charge in [0.25, 0.3) is 0 Å². The van der Waals surface area contributed by atoms with E-state index in [9.17, 15) is 0 Å². The zero-order valence-corrected chi connectivity index (χ0v) is 19.0. The Morgan fingerprint density at radius 1 is 1.03 bits per heavy atom. The van der Waals surface area contributed by atoms with E-state index in [1.54, 1.807) is 6.26 Å². The summed E-state index contributed by atoms with van der Waals surface area (Å²) in [6.07, 6.45) is 1.64. The van der Waals surface area contributed by atoms with Crippen LogP contribution in [0.4, 0.5) is 0 Å². The first-order chi connectivity index (χ1) is 15.6. The molecule has 3 aromatic heterocycles. The van der Waals surface area contributed by atoms with Crippen molar-refractivity contribution in [1.29, 1.82) is 0 Å². The van der Waals surface area contributed by atoms with E-state index >= 15 is 0 Å². The Morgan fingerprint density at radius 2 is 1.81 bits per heavy atom. The fourth-order valence-electron chi connectivity index (χ4n) is 3.92. The maximum Gasteiger partial charge on any atom is 0.241 e. The molecule has 0 atom stereocenters. The normalized spacial score (nSPS) is 15.4. The standard InChI is InChI=1S/C22H25N7O2S/c1-16-6-3-4-7-17(16)20-23-19(31-25-20)14-27-9-11-28(12-10-27)15-29-22(32)26(2)21(24-29)18-8-5-13-30-18/h3-8,13H,9-12,14-15H2,1-2H3. The Balaban J connectivity index is 1.18. The first-order valence-corrected chi connectivity index (χ1v) is 11.0. The van der Waals surface area contributed by atoms with Crippen molar-refractivity contribution in [2.45, 2.75) is 20.1 Å². The molecular formula is C22H25N7O2S. The highest BCUT2D eigenvalue weighted by molar-refractivity contribution is 7.71. The molecule has 4 aromatic rings. The van der Waals surface area contributed by atoms with E-state index in [1.807, 2.05) is 46.6 Å². The van der Waals surface area contributed by atoms with Gasteiger partial charge in [-0.2, -0.15) is 4.98 Å². The zero-order chi connectivity index (χ0) is 22.1. The van der Waals surface area contributed by atoms with Crippen LogP contribution >= 0.6 is 12.2 Å². The molecule has 5 rings (SSSR count). The molecule has 9 nitrogen and oxygen atoms in total. The summed E-state index contributed by atoms with van der Waals surface area (Å²) < 4.78 is 15.4. The molecule has 0 saturated carbocycles. The van der Waals surface area contributed by atoms with Crippen LogP contribution in [0.25, 0.3) is 23.0 Å². The third-order valence-electron chi connectivity index (χ3n) is 5.79. The van der Waals surface area contributed by atoms with Crippen LogP contribution in [-0.4, -0.2) is 60.5 Å². The number of rotatable bonds is 6. The lowest BCUT2D eigenvalue weighted by Gasteiger charge is -2.33. The molecule has 1 aliphatic heterocycles. The SMILES string of the molecule is Cc1ccccc1-c1noc(CN2CCN(Cn3nc(-c4ccco4)n(C)c3=S)CC2)n1. The maximum atomic E-state index is 5.58. The second-order valence-electron chi connectivity index (χ2n) is 8.00. The van der Waals surface area contributed by atoms with Crippen molar-refractivity contribution < 1.29 is 8.94 Å². The van der Waals surface area contributed by atoms with Crippen molar-refractivity contribution >= 4 is 12.2 Å². The van der Waals surface area contributed by atoms with Crippen LogP contribution in [0.5, 0.6) is 0 Å². The molecule has 0 amide bonds. The van der Waals surface area contributed by atoms with Crippen LogP contribution in [0.3, 0.4) is 0 Å². The quantitative estimate of drug-likeness (QED) is 0.413. The van der Waals surface area contributed by atoms with Gasteiger partial charge in [-0.05, 0) is 36.8 Å². The van der Waals surface area contributed by atoms with E-state index in [2.05, 4.69) is 38.0 Å². The Kier molecular flexibility index (Phi) is 5.73. The molecule has 0 N–H and O–H groups in total. The van der Waals surface area contributed by atoms with E-state index in [-0.39, 0.29) is 0 Å². The van der Waals surface area contributed by atoms with Gasteiger partial charge in [-0.1, -0.05) is 29.4 Å². The molecule has 0 unspecified atom stereocenters. The van der Waals surface area contributed by atoms with Crippen molar-refractivity contribution in [3.05, 3.63) is 58.9 Å². The molecule has 166 valence electrons. The van der Waals surface area contributed by atoms with Gasteiger partial charge in [-0.15, -0.1) is 5.10 Å². The number of furan rings is 1. The van der Waals surface area contributed by atoms with Gasteiger partial charge in [0.2, 0.25) is 11.7 Å². The number of nitrogens with zero attached hydrogens (tertiary/aromatic N) is 7. The summed E-state index contributed by atoms with van der Waals surface area (Å²) in [5, 5.41) is 8.83. The zero-order valence-electron chi connectivity index (χ0n) is 18.1. The lowest BCUT2D eigenvalue weighted by atomic mass is 10.1. The summed E-state index contributed by atoms with van der Waals surface area (Å²) in [6.45, 7) is 6.99. The number of aromatic nitrogens is 5. The molecule has 0 bridgehead atoms. The minimum atomic E-state index is 0.645. The van der Waals surface area contributed by atoms with E-state index in [0.717, 1.165) is 43.1 Å². The van der Waals surface area contributed by atoms with Crippen molar-refractivity contribution in [2.24, 2.45) is 7.05 Å². The van der Waals surface area contributed by atoms with Crippen LogP contribution in [0, 0.1) is 11.7 Å². The van der Waals surface area contributed by atoms with E-state index < -0.39 is 0 Å². The topological polar surface area (TPSA) is 81.3 Å². The molecule has 32 heavy (non-hydrogen) atoms. The number of piperazine rings is 1. The van der Waals surface area contributed by atoms with Gasteiger partial charge in [0, 0.05) is 38.8 Å². The highest BCUT2D eigenvalue weighted by atomic mass is 32.1. The van der Waals surface area contributed by atoms with Gasteiger partial charge in [-0.25, -0.2) is 4.68 Å². The molecule has 1 saturated heterocycles. The van der Waals surface area contributed by atoms with Gasteiger partial charge in [-0.3, -0.25) is 9.80 Å². The first kappa shape index (κ1) is 20.8. The summed E-state index contributed by atoms with van der Waals surface area (Å²) in [4.78, 5) is 9.27. The summed E-state index contributed by atoms with van der Waals surface area (Å²) in [5.41, 5.74) is 2.14. The van der Waals surface area contributed by atoms with E-state index in [0.29, 0.717) is 35.5 Å². The van der Waals surface area contributed by atoms with Crippen LogP contribution in [0.2, 0.25) is 0 Å². The predicted octanol–water partition coefficient (Wildman–Crippen LogP) is 3.34. The summed E-state index contributed by atoms with van der Waals surface area (Å²) in [5.74, 6) is 2.74. The third-order valence-corrected chi connectivity index (χ3v) is 6.28. The number of aryl methyl sites for hydroxylation is 1. The molecule has 1 aromatic carbocycles. The third kappa shape index (κ3) is 4.16. The highest BCUT2D eigenvalue weighted by Crippen LogP contribution is 2.21. The Morgan fingerprint density at radius 3 is 2.56 bits per heavy atom. The van der Waals surface area contributed by atoms with Crippen molar-refractivity contribution in [3.8, 4) is 23.0 Å². The van der Waals surface area contributed by atoms with Crippen LogP contribution < -0.4 is 0 Å². The number of hydrogen-bond acceptors (Lipinski definition) is 8. The van der Waals surface area contributed by atoms with Crippen molar-refractivity contribution in [3.63, 3.8) is 0 Å². The van der Waals surface area contributed by atoms with Gasteiger partial charge >= 0.3 is 0 Å². The van der Waals surface area contributed by atoms with Crippen molar-refractivity contribution in [1.82, 2.24) is 34.3 Å². The Hall–Kier alpha value is -3.08. The van der Waals surface area contributed by atoms with Crippen molar-refractivity contribution in [2.75, 3.05) is 26.2 Å². The average Bonchev–Trinajstić information content (AvgIpc) is 3.54. The molecule has 0 aliphatic carbocycles. The van der Waals surface area contributed by atoms with Gasteiger partial charge in [0.1, 0.15) is 0 Å². The molecule has 0 spiro atoms. The molecule has 10 heteroatoms. The average molecular weight is 452 g/mol. The summed E-state index contributed by atoms with van der Waals surface area (Å²) >= 11 is 5.58. The van der Waals surface area contributed by atoms with E-state index in [4.69, 9.17) is 21.2 Å². The van der Waals surface area contributed by atoms with Gasteiger partial charge in [0.05, 0.1) is 19.5 Å². The monoisotopic (exact) mass is 451 g/mol. The molecule has 1 aliphatic rings. The summed E-state index contributed by atoms with van der Waals surface area (Å²) in [6, 6.07) is 11.8. The largest absolute Gasteiger partial charge is 0.461 e. The van der Waals surface area contributed by atoms with Gasteiger partial charge in [0.15, 0.2) is 16.4 Å². The second-order valence-corrected chi connectivity index (χ2v) is 8.37. The van der Waals surface area contributed by atoms with Crippen LogP contribution in [0.1, 0.15) is 11.5 Å². The minimum Gasteiger partial charge on any atom is -0.461 e. The minimum absolute atomic E-state index is 0.645. The number of benzene rings is 1. The Bertz CT molecular complexity index is 1250. The van der Waals surface area contributed by atoms with E-state index in [1.165, 1.54) is 0 Å². The molecular weight excluding hydrogens is 426 g/mol. The summed E-state index contributed by atoms with van der Waals surface area (Å²) in [7, 11) is 1.91. The maximum absolute atomic E-state index is 5.58. The highest BCUT2D eigenvalue weighted by Gasteiger charge is 2.21. The molecule has 1 fully saturated rings. The molecule has 4 heterocycles. The van der Waals surface area contributed by atoms with Gasteiger partial charge < -0.3 is 13.5 Å². The lowest BCUT2D eigenvalue weighted by molar-refractivity contribution is 0.0908. The predicted molar refractivity (Wildman–Crippen MR) is 121 cm³/mol. The van der Waals surface area contributed by atoms with Crippen LogP contribution in [-0.2, 0) is 20.3 Å². The smallest absolute Gasteiger partial charge is 0.241 e. The fraction of sp³-hybridized carbons (Fsp3) is 0.364. The number of hydrogen-bond donors (Lipinski definition) is 0. The van der Waals surface area contributed by atoms with Crippen LogP contribution in [0.15, 0.2) is 51.6 Å². The second kappa shape index (κ2) is 8.81. The fourth-order valence-corrected chi connectivity index (χ4v) is 4.11. The lowest BCUT2D eigenvalue weighted by Crippen LogP contribution is -2.46. The Labute approximate surface area is 190 Å².